The van der Waals surface area contributed by atoms with E-state index >= 15 is 0 Å². The van der Waals surface area contributed by atoms with E-state index in [1.807, 2.05) is 36.6 Å². The van der Waals surface area contributed by atoms with Crippen molar-refractivity contribution >= 4 is 27.5 Å². The maximum Gasteiger partial charge on any atom is 0.393 e. The number of amides is 1. The number of alkyl halides is 3. The molecule has 4 rings (SSSR count). The molecule has 0 radical (unpaired) electrons. The van der Waals surface area contributed by atoms with Crippen LogP contribution in [0.1, 0.15) is 37.7 Å². The smallest absolute Gasteiger partial charge is 0.353 e. The van der Waals surface area contributed by atoms with Crippen molar-refractivity contribution in [3.8, 4) is 11.1 Å². The lowest BCUT2D eigenvalue weighted by Crippen LogP contribution is -2.47. The molecule has 32 heavy (non-hydrogen) atoms. The second-order valence-corrected chi connectivity index (χ2v) is 9.15. The minimum Gasteiger partial charge on any atom is -0.353 e. The number of carbonyl (C=O) groups excluding carboxylic acids is 1. The fourth-order valence-corrected chi connectivity index (χ4v) is 5.18. The Hall–Kier alpha value is -2.68. The van der Waals surface area contributed by atoms with Gasteiger partial charge in [-0.2, -0.15) is 13.2 Å². The summed E-state index contributed by atoms with van der Waals surface area (Å²) in [6, 6.07) is 6.93. The maximum atomic E-state index is 13.3. The molecule has 170 valence electrons. The molecule has 2 unspecified atom stereocenters. The normalized spacial score (nSPS) is 19.2. The van der Waals surface area contributed by atoms with Gasteiger partial charge in [0, 0.05) is 30.0 Å². The van der Waals surface area contributed by atoms with Gasteiger partial charge in [0.25, 0.3) is 5.56 Å². The third-order valence-electron chi connectivity index (χ3n) is 6.04. The Bertz CT molecular complexity index is 1170. The lowest BCUT2D eigenvalue weighted by Gasteiger charge is -2.33. The molecule has 1 N–H and O–H groups in total. The van der Waals surface area contributed by atoms with Gasteiger partial charge in [0.2, 0.25) is 5.91 Å². The van der Waals surface area contributed by atoms with E-state index in [0.717, 1.165) is 16.7 Å². The molecule has 0 aliphatic heterocycles. The Kier molecular flexibility index (Phi) is 6.37. The monoisotopic (exact) mass is 463 g/mol. The first-order valence-electron chi connectivity index (χ1n) is 10.6. The lowest BCUT2D eigenvalue weighted by molar-refractivity contribution is -0.189. The van der Waals surface area contributed by atoms with Crippen molar-refractivity contribution in [3.63, 3.8) is 0 Å². The average Bonchev–Trinajstić information content (AvgIpc) is 3.18. The maximum absolute atomic E-state index is 13.3. The first kappa shape index (κ1) is 22.5. The molecule has 3 aromatic rings. The van der Waals surface area contributed by atoms with Gasteiger partial charge in [-0.25, -0.2) is 4.98 Å². The highest BCUT2D eigenvalue weighted by atomic mass is 32.1. The molecule has 1 fully saturated rings. The van der Waals surface area contributed by atoms with Crippen LogP contribution in [0.4, 0.5) is 13.2 Å². The number of halogens is 3. The van der Waals surface area contributed by atoms with Crippen molar-refractivity contribution in [2.24, 2.45) is 5.92 Å². The van der Waals surface area contributed by atoms with Crippen LogP contribution in [0.3, 0.4) is 0 Å². The lowest BCUT2D eigenvalue weighted by atomic mass is 9.84. The van der Waals surface area contributed by atoms with Gasteiger partial charge in [0.1, 0.15) is 4.83 Å². The van der Waals surface area contributed by atoms with Crippen LogP contribution in [0.2, 0.25) is 0 Å². The van der Waals surface area contributed by atoms with E-state index in [4.69, 9.17) is 0 Å². The molecular weight excluding hydrogens is 439 g/mol. The molecule has 1 saturated carbocycles. The van der Waals surface area contributed by atoms with Crippen LogP contribution in [0, 0.1) is 12.8 Å². The van der Waals surface area contributed by atoms with Crippen molar-refractivity contribution in [1.82, 2.24) is 14.9 Å². The van der Waals surface area contributed by atoms with E-state index < -0.39 is 24.0 Å². The number of nitrogens with one attached hydrogen (secondary N) is 1. The summed E-state index contributed by atoms with van der Waals surface area (Å²) in [4.78, 5) is 30.4. The number of hydrogen-bond acceptors (Lipinski definition) is 4. The minimum absolute atomic E-state index is 0.0361. The molecule has 2 aromatic heterocycles. The van der Waals surface area contributed by atoms with Gasteiger partial charge in [-0.1, -0.05) is 42.7 Å². The number of benzene rings is 1. The van der Waals surface area contributed by atoms with E-state index in [9.17, 15) is 22.8 Å². The third kappa shape index (κ3) is 4.72. The predicted molar refractivity (Wildman–Crippen MR) is 119 cm³/mol. The molecule has 2 heterocycles. The number of aryl methyl sites for hydroxylation is 2. The summed E-state index contributed by atoms with van der Waals surface area (Å²) in [6.07, 6.45) is -1.48. The highest BCUT2D eigenvalue weighted by molar-refractivity contribution is 7.17. The summed E-state index contributed by atoms with van der Waals surface area (Å²) >= 11 is 1.38. The van der Waals surface area contributed by atoms with Crippen molar-refractivity contribution in [2.45, 2.75) is 57.8 Å². The SMILES string of the molecule is Cc1ccc(-c2csc3ncn(CCC(=O)NC4CCCCC4C(F)(F)F)c(=O)c23)cc1. The molecule has 5 nitrogen and oxygen atoms in total. The van der Waals surface area contributed by atoms with Crippen molar-refractivity contribution in [1.29, 1.82) is 0 Å². The van der Waals surface area contributed by atoms with Gasteiger partial charge in [0.15, 0.2) is 0 Å². The van der Waals surface area contributed by atoms with Gasteiger partial charge in [0.05, 0.1) is 17.6 Å². The summed E-state index contributed by atoms with van der Waals surface area (Å²) in [5.74, 6) is -1.99. The second-order valence-electron chi connectivity index (χ2n) is 8.30. The van der Waals surface area contributed by atoms with E-state index in [1.165, 1.54) is 22.2 Å². The average molecular weight is 464 g/mol. The quantitative estimate of drug-likeness (QED) is 0.575. The van der Waals surface area contributed by atoms with Crippen LogP contribution in [0.5, 0.6) is 0 Å². The minimum atomic E-state index is -4.32. The number of thiophene rings is 1. The summed E-state index contributed by atoms with van der Waals surface area (Å²) in [5.41, 5.74) is 2.55. The van der Waals surface area contributed by atoms with E-state index in [0.29, 0.717) is 29.5 Å². The molecule has 1 aliphatic carbocycles. The van der Waals surface area contributed by atoms with Crippen molar-refractivity contribution < 1.29 is 18.0 Å². The Labute approximate surface area is 187 Å². The van der Waals surface area contributed by atoms with Gasteiger partial charge in [-0.3, -0.25) is 14.2 Å². The molecule has 0 bridgehead atoms. The zero-order valence-corrected chi connectivity index (χ0v) is 18.4. The van der Waals surface area contributed by atoms with Crippen LogP contribution >= 0.6 is 11.3 Å². The first-order chi connectivity index (χ1) is 15.2. The number of rotatable bonds is 5. The number of carbonyl (C=O) groups is 1. The number of aromatic nitrogens is 2. The van der Waals surface area contributed by atoms with Gasteiger partial charge >= 0.3 is 6.18 Å². The summed E-state index contributed by atoms with van der Waals surface area (Å²) < 4.78 is 41.1. The van der Waals surface area contributed by atoms with Crippen LogP contribution < -0.4 is 10.9 Å². The summed E-state index contributed by atoms with van der Waals surface area (Å²) in [5, 5.41) is 4.93. The molecule has 0 saturated heterocycles. The fraction of sp³-hybridized carbons (Fsp3) is 0.435. The molecule has 1 amide bonds. The number of hydrogen-bond donors (Lipinski definition) is 1. The Morgan fingerprint density at radius 1 is 1.22 bits per heavy atom. The molecule has 1 aliphatic rings. The second kappa shape index (κ2) is 9.05. The standard InChI is InChI=1S/C23H24F3N3O2S/c1-14-6-8-15(9-7-14)16-12-32-21-20(16)22(31)29(13-27-21)11-10-19(30)28-18-5-3-2-4-17(18)23(24,25)26/h6-9,12-13,17-18H,2-5,10-11H2,1H3,(H,28,30). The fourth-order valence-electron chi connectivity index (χ4n) is 4.27. The van der Waals surface area contributed by atoms with Crippen LogP contribution in [0.15, 0.2) is 40.8 Å². The summed E-state index contributed by atoms with van der Waals surface area (Å²) in [6.45, 7) is 2.04. The third-order valence-corrected chi connectivity index (χ3v) is 6.92. The predicted octanol–water partition coefficient (Wildman–Crippen LogP) is 5.06. The topological polar surface area (TPSA) is 64.0 Å². The van der Waals surface area contributed by atoms with Crippen LogP contribution in [0.25, 0.3) is 21.3 Å². The highest BCUT2D eigenvalue weighted by Crippen LogP contribution is 2.37. The van der Waals surface area contributed by atoms with E-state index in [1.54, 1.807) is 0 Å². The van der Waals surface area contributed by atoms with Crippen molar-refractivity contribution in [2.75, 3.05) is 0 Å². The van der Waals surface area contributed by atoms with Crippen LogP contribution in [-0.2, 0) is 11.3 Å². The molecule has 0 spiro atoms. The van der Waals surface area contributed by atoms with Crippen LogP contribution in [-0.4, -0.2) is 27.7 Å². The van der Waals surface area contributed by atoms with Gasteiger partial charge in [-0.05, 0) is 25.3 Å². The summed E-state index contributed by atoms with van der Waals surface area (Å²) in [7, 11) is 0. The van der Waals surface area contributed by atoms with E-state index in [2.05, 4.69) is 10.3 Å². The molecular formula is C23H24F3N3O2S. The Morgan fingerprint density at radius 2 is 1.94 bits per heavy atom. The zero-order valence-electron chi connectivity index (χ0n) is 17.6. The molecule has 2 atom stereocenters. The zero-order chi connectivity index (χ0) is 22.9. The molecule has 1 aromatic carbocycles. The number of nitrogens with zero attached hydrogens (tertiary/aromatic N) is 2. The Morgan fingerprint density at radius 3 is 2.66 bits per heavy atom. The van der Waals surface area contributed by atoms with Gasteiger partial charge < -0.3 is 5.32 Å². The Balaban J connectivity index is 1.49. The largest absolute Gasteiger partial charge is 0.393 e. The first-order valence-corrected chi connectivity index (χ1v) is 11.5. The van der Waals surface area contributed by atoms with Gasteiger partial charge in [-0.15, -0.1) is 11.3 Å². The number of fused-ring (bicyclic) bond motifs is 1. The van der Waals surface area contributed by atoms with Crippen molar-refractivity contribution in [3.05, 3.63) is 51.9 Å². The molecule has 9 heteroatoms. The highest BCUT2D eigenvalue weighted by Gasteiger charge is 2.45. The van der Waals surface area contributed by atoms with E-state index in [-0.39, 0.29) is 24.9 Å².